The first-order valence-corrected chi connectivity index (χ1v) is 6.26. The SMILES string of the molecule is N[C@@H]1C[C@H](N)[C@@]2(CC[C@@H](O)[C@@H](O)CO2)[C@H](O)[C@H]1O. The molecular weight excluding hydrogens is 240 g/mol. The molecule has 0 bridgehead atoms. The predicted octanol–water partition coefficient (Wildman–Crippen LogP) is -2.96. The van der Waals surface area contributed by atoms with Crippen LogP contribution in [-0.4, -0.2) is 69.1 Å². The van der Waals surface area contributed by atoms with Crippen molar-refractivity contribution in [3.63, 3.8) is 0 Å². The molecule has 0 radical (unpaired) electrons. The van der Waals surface area contributed by atoms with Gasteiger partial charge in [-0.1, -0.05) is 0 Å². The van der Waals surface area contributed by atoms with E-state index in [0.717, 1.165) is 0 Å². The summed E-state index contributed by atoms with van der Waals surface area (Å²) >= 11 is 0. The summed E-state index contributed by atoms with van der Waals surface area (Å²) in [6.45, 7) is -0.117. The summed E-state index contributed by atoms with van der Waals surface area (Å²) in [7, 11) is 0. The van der Waals surface area contributed by atoms with Gasteiger partial charge in [0.15, 0.2) is 0 Å². The molecule has 2 fully saturated rings. The lowest BCUT2D eigenvalue weighted by atomic mass is 9.72. The zero-order valence-corrected chi connectivity index (χ0v) is 10.1. The van der Waals surface area contributed by atoms with Crippen LogP contribution < -0.4 is 11.5 Å². The average Bonchev–Trinajstić information content (AvgIpc) is 2.48. The van der Waals surface area contributed by atoms with Crippen molar-refractivity contribution >= 4 is 0 Å². The van der Waals surface area contributed by atoms with Crippen LogP contribution >= 0.6 is 0 Å². The van der Waals surface area contributed by atoms with Crippen LogP contribution in [0.5, 0.6) is 0 Å². The number of ether oxygens (including phenoxy) is 1. The van der Waals surface area contributed by atoms with Gasteiger partial charge < -0.3 is 36.6 Å². The molecule has 7 atom stereocenters. The minimum absolute atomic E-state index is 0.117. The third-order valence-electron chi connectivity index (χ3n) is 4.21. The Morgan fingerprint density at radius 1 is 1.06 bits per heavy atom. The summed E-state index contributed by atoms with van der Waals surface area (Å²) in [5, 5.41) is 39.3. The molecule has 0 amide bonds. The molecule has 18 heavy (non-hydrogen) atoms. The molecule has 1 aliphatic heterocycles. The smallest absolute Gasteiger partial charge is 0.112 e. The number of aliphatic hydroxyl groups is 4. The molecule has 106 valence electrons. The van der Waals surface area contributed by atoms with E-state index in [1.54, 1.807) is 0 Å². The van der Waals surface area contributed by atoms with Gasteiger partial charge >= 0.3 is 0 Å². The van der Waals surface area contributed by atoms with Gasteiger partial charge in [0.25, 0.3) is 0 Å². The number of aliphatic hydroxyl groups excluding tert-OH is 4. The van der Waals surface area contributed by atoms with E-state index in [1.165, 1.54) is 0 Å². The Kier molecular flexibility index (Phi) is 3.93. The molecular formula is C11H22N2O5. The molecule has 0 aromatic rings. The van der Waals surface area contributed by atoms with Gasteiger partial charge in [0.05, 0.1) is 18.8 Å². The van der Waals surface area contributed by atoms with Crippen molar-refractivity contribution in [1.29, 1.82) is 0 Å². The molecule has 1 spiro atoms. The van der Waals surface area contributed by atoms with Crippen LogP contribution in [0.15, 0.2) is 0 Å². The summed E-state index contributed by atoms with van der Waals surface area (Å²) in [4.78, 5) is 0. The van der Waals surface area contributed by atoms with Gasteiger partial charge in [0.1, 0.15) is 17.8 Å². The fraction of sp³-hybridized carbons (Fsp3) is 1.00. The van der Waals surface area contributed by atoms with Gasteiger partial charge in [0, 0.05) is 12.1 Å². The van der Waals surface area contributed by atoms with Crippen LogP contribution in [0, 0.1) is 0 Å². The zero-order valence-electron chi connectivity index (χ0n) is 10.1. The molecule has 8 N–H and O–H groups in total. The van der Waals surface area contributed by atoms with E-state index in [2.05, 4.69) is 0 Å². The Morgan fingerprint density at radius 3 is 2.39 bits per heavy atom. The number of rotatable bonds is 0. The first-order chi connectivity index (χ1) is 8.38. The lowest BCUT2D eigenvalue weighted by Crippen LogP contribution is -2.69. The van der Waals surface area contributed by atoms with E-state index in [1.807, 2.05) is 0 Å². The normalized spacial score (nSPS) is 54.3. The van der Waals surface area contributed by atoms with Gasteiger partial charge in [-0.15, -0.1) is 0 Å². The standard InChI is InChI=1S/C11H22N2O5/c12-5-3-8(13)11(10(17)9(5)16)2-1-6(14)7(15)4-18-11/h5-10,14-17H,1-4,12-13H2/t5-,6-,7+,8+,9+,10-,11+/m1/s1. The highest BCUT2D eigenvalue weighted by Gasteiger charge is 2.54. The van der Waals surface area contributed by atoms with Crippen molar-refractivity contribution in [2.24, 2.45) is 11.5 Å². The van der Waals surface area contributed by atoms with Crippen molar-refractivity contribution in [3.8, 4) is 0 Å². The fourth-order valence-electron chi connectivity index (χ4n) is 2.89. The van der Waals surface area contributed by atoms with Crippen LogP contribution in [0.1, 0.15) is 19.3 Å². The first-order valence-electron chi connectivity index (χ1n) is 6.26. The van der Waals surface area contributed by atoms with Crippen LogP contribution in [-0.2, 0) is 4.74 Å². The van der Waals surface area contributed by atoms with Crippen molar-refractivity contribution in [3.05, 3.63) is 0 Å². The molecule has 0 unspecified atom stereocenters. The second kappa shape index (κ2) is 5.01. The molecule has 1 saturated heterocycles. The second-order valence-electron chi connectivity index (χ2n) is 5.38. The lowest BCUT2D eigenvalue weighted by molar-refractivity contribution is -0.199. The quantitative estimate of drug-likeness (QED) is 0.274. The second-order valence-corrected chi connectivity index (χ2v) is 5.38. The number of nitrogens with two attached hydrogens (primary N) is 2. The summed E-state index contributed by atoms with van der Waals surface area (Å²) in [6.07, 6.45) is -3.38. The fourth-order valence-corrected chi connectivity index (χ4v) is 2.89. The maximum Gasteiger partial charge on any atom is 0.112 e. The van der Waals surface area contributed by atoms with E-state index in [9.17, 15) is 20.4 Å². The third-order valence-corrected chi connectivity index (χ3v) is 4.21. The third kappa shape index (κ3) is 2.16. The number of hydrogen-bond acceptors (Lipinski definition) is 7. The monoisotopic (exact) mass is 262 g/mol. The number of hydrogen-bond donors (Lipinski definition) is 6. The van der Waals surface area contributed by atoms with Crippen LogP contribution in [0.25, 0.3) is 0 Å². The molecule has 7 nitrogen and oxygen atoms in total. The minimum Gasteiger partial charge on any atom is -0.390 e. The Morgan fingerprint density at radius 2 is 1.72 bits per heavy atom. The predicted molar refractivity (Wildman–Crippen MR) is 62.5 cm³/mol. The van der Waals surface area contributed by atoms with E-state index in [0.29, 0.717) is 6.42 Å². The largest absolute Gasteiger partial charge is 0.390 e. The summed E-state index contributed by atoms with van der Waals surface area (Å²) < 4.78 is 5.56. The Labute approximate surface area is 105 Å². The van der Waals surface area contributed by atoms with Gasteiger partial charge in [-0.2, -0.15) is 0 Å². The highest BCUT2D eigenvalue weighted by Crippen LogP contribution is 2.37. The molecule has 0 aromatic heterocycles. The maximum atomic E-state index is 10.2. The summed E-state index contributed by atoms with van der Waals surface area (Å²) in [5.74, 6) is 0. The van der Waals surface area contributed by atoms with Crippen molar-refractivity contribution in [2.45, 2.75) is 61.4 Å². The molecule has 1 aliphatic carbocycles. The van der Waals surface area contributed by atoms with Crippen molar-refractivity contribution in [1.82, 2.24) is 0 Å². The van der Waals surface area contributed by atoms with Gasteiger partial charge in [-0.3, -0.25) is 0 Å². The molecule has 2 aliphatic rings. The molecule has 2 rings (SSSR count). The maximum absolute atomic E-state index is 10.2. The first kappa shape index (κ1) is 14.1. The van der Waals surface area contributed by atoms with Crippen molar-refractivity contribution < 1.29 is 25.2 Å². The molecule has 0 aromatic carbocycles. The Balaban J connectivity index is 2.22. The molecule has 7 heteroatoms. The highest BCUT2D eigenvalue weighted by atomic mass is 16.5. The molecule has 1 heterocycles. The van der Waals surface area contributed by atoms with Crippen LogP contribution in [0.4, 0.5) is 0 Å². The van der Waals surface area contributed by atoms with Gasteiger partial charge in [-0.25, -0.2) is 0 Å². The van der Waals surface area contributed by atoms with Crippen LogP contribution in [0.2, 0.25) is 0 Å². The topological polar surface area (TPSA) is 142 Å². The van der Waals surface area contributed by atoms with E-state index < -0.39 is 42.1 Å². The highest BCUT2D eigenvalue weighted by molar-refractivity contribution is 5.09. The average molecular weight is 262 g/mol. The van der Waals surface area contributed by atoms with Gasteiger partial charge in [0.2, 0.25) is 0 Å². The summed E-state index contributed by atoms with van der Waals surface area (Å²) in [6, 6.07) is -1.13. The molecule has 1 saturated carbocycles. The van der Waals surface area contributed by atoms with Crippen LogP contribution in [0.3, 0.4) is 0 Å². The summed E-state index contributed by atoms with van der Waals surface area (Å²) in [5.41, 5.74) is 10.6. The van der Waals surface area contributed by atoms with E-state index in [4.69, 9.17) is 16.2 Å². The van der Waals surface area contributed by atoms with E-state index in [-0.39, 0.29) is 19.4 Å². The minimum atomic E-state index is -1.21. The zero-order chi connectivity index (χ0) is 13.5. The van der Waals surface area contributed by atoms with Crippen molar-refractivity contribution in [2.75, 3.05) is 6.61 Å². The Hall–Kier alpha value is -0.280. The lowest BCUT2D eigenvalue weighted by Gasteiger charge is -2.49. The van der Waals surface area contributed by atoms with E-state index >= 15 is 0 Å². The van der Waals surface area contributed by atoms with Gasteiger partial charge in [-0.05, 0) is 19.3 Å². The Bertz CT molecular complexity index is 291.